The molecule has 0 amide bonds. The fraction of sp³-hybridized carbons (Fsp3) is 0.786. The van der Waals surface area contributed by atoms with Crippen LogP contribution >= 0.6 is 0 Å². The summed E-state index contributed by atoms with van der Waals surface area (Å²) in [5.41, 5.74) is 1.91. The minimum Gasteiger partial charge on any atom is -0.384 e. The summed E-state index contributed by atoms with van der Waals surface area (Å²) in [6.07, 6.45) is 1.93. The molecule has 124 valence electrons. The average molecular weight is 328 g/mol. The quantitative estimate of drug-likeness (QED) is 0.812. The van der Waals surface area contributed by atoms with Gasteiger partial charge in [-0.05, 0) is 31.7 Å². The van der Waals surface area contributed by atoms with Gasteiger partial charge in [-0.2, -0.15) is 22.1 Å². The van der Waals surface area contributed by atoms with Crippen LogP contribution in [0, 0.1) is 12.8 Å². The van der Waals surface area contributed by atoms with E-state index in [-0.39, 0.29) is 0 Å². The summed E-state index contributed by atoms with van der Waals surface area (Å²) in [5, 5.41) is 4.38. The van der Waals surface area contributed by atoms with Crippen LogP contribution in [-0.2, 0) is 28.0 Å². The minimum atomic E-state index is -3.40. The summed E-state index contributed by atoms with van der Waals surface area (Å²) < 4.78 is 36.1. The molecule has 1 atom stereocenters. The first-order valence-electron chi connectivity index (χ1n) is 7.78. The standard InChI is InChI=1S/C14H24N4O3S/c1-12-8-14-10-17(6-7-18(14)15-12)22(19,20)16-5-3-4-13(9-16)11-21-2/h8,13H,3-7,9-11H2,1-2H3. The van der Waals surface area contributed by atoms with Gasteiger partial charge in [-0.1, -0.05) is 0 Å². The third kappa shape index (κ3) is 3.05. The van der Waals surface area contributed by atoms with Crippen molar-refractivity contribution >= 4 is 10.2 Å². The molecule has 7 nitrogen and oxygen atoms in total. The normalized spacial score (nSPS) is 24.4. The predicted molar refractivity (Wildman–Crippen MR) is 82.5 cm³/mol. The zero-order valence-electron chi connectivity index (χ0n) is 13.2. The van der Waals surface area contributed by atoms with Crippen LogP contribution in [0.1, 0.15) is 24.2 Å². The molecule has 0 aromatic carbocycles. The number of hydrogen-bond acceptors (Lipinski definition) is 4. The maximum atomic E-state index is 12.9. The molecule has 2 aliphatic heterocycles. The van der Waals surface area contributed by atoms with Crippen LogP contribution in [0.2, 0.25) is 0 Å². The van der Waals surface area contributed by atoms with Crippen molar-refractivity contribution < 1.29 is 13.2 Å². The van der Waals surface area contributed by atoms with E-state index in [4.69, 9.17) is 4.74 Å². The molecule has 1 fully saturated rings. The van der Waals surface area contributed by atoms with Gasteiger partial charge in [0, 0.05) is 26.7 Å². The van der Waals surface area contributed by atoms with E-state index in [1.54, 1.807) is 15.7 Å². The SMILES string of the molecule is COCC1CCCN(S(=O)(=O)N2CCn3nc(C)cc3C2)C1. The second-order valence-electron chi connectivity index (χ2n) is 6.16. The molecule has 3 heterocycles. The van der Waals surface area contributed by atoms with Crippen molar-refractivity contribution in [1.29, 1.82) is 0 Å². The molecule has 1 aromatic rings. The van der Waals surface area contributed by atoms with Gasteiger partial charge in [0.25, 0.3) is 10.2 Å². The van der Waals surface area contributed by atoms with Gasteiger partial charge in [-0.3, -0.25) is 4.68 Å². The second kappa shape index (κ2) is 6.27. The van der Waals surface area contributed by atoms with Crippen LogP contribution in [0.4, 0.5) is 0 Å². The van der Waals surface area contributed by atoms with E-state index >= 15 is 0 Å². The van der Waals surface area contributed by atoms with Crippen molar-refractivity contribution in [1.82, 2.24) is 18.4 Å². The molecule has 0 spiro atoms. The maximum Gasteiger partial charge on any atom is 0.282 e. The zero-order chi connectivity index (χ0) is 15.7. The van der Waals surface area contributed by atoms with Gasteiger partial charge in [0.05, 0.1) is 31.1 Å². The van der Waals surface area contributed by atoms with Gasteiger partial charge in [0.1, 0.15) is 0 Å². The topological polar surface area (TPSA) is 67.7 Å². The van der Waals surface area contributed by atoms with Crippen LogP contribution in [0.3, 0.4) is 0 Å². The van der Waals surface area contributed by atoms with E-state index in [0.717, 1.165) is 24.2 Å². The van der Waals surface area contributed by atoms with Crippen molar-refractivity contribution in [3.63, 3.8) is 0 Å². The Balaban J connectivity index is 1.73. The molecule has 2 aliphatic rings. The highest BCUT2D eigenvalue weighted by molar-refractivity contribution is 7.86. The Kier molecular flexibility index (Phi) is 4.54. The van der Waals surface area contributed by atoms with Crippen LogP contribution in [0.25, 0.3) is 0 Å². The van der Waals surface area contributed by atoms with Crippen LogP contribution in [0.15, 0.2) is 6.07 Å². The van der Waals surface area contributed by atoms with Gasteiger partial charge in [0.15, 0.2) is 0 Å². The molecular formula is C14H24N4O3S. The lowest BCUT2D eigenvalue weighted by Gasteiger charge is -2.36. The zero-order valence-corrected chi connectivity index (χ0v) is 14.0. The number of aryl methyl sites for hydroxylation is 1. The molecule has 22 heavy (non-hydrogen) atoms. The monoisotopic (exact) mass is 328 g/mol. The first-order chi connectivity index (χ1) is 10.5. The summed E-state index contributed by atoms with van der Waals surface area (Å²) in [5.74, 6) is 0.297. The van der Waals surface area contributed by atoms with E-state index in [1.807, 2.05) is 17.7 Å². The number of hydrogen-bond donors (Lipinski definition) is 0. The Labute approximate surface area is 132 Å². The molecule has 0 saturated carbocycles. The van der Waals surface area contributed by atoms with Crippen LogP contribution in [-0.4, -0.2) is 60.2 Å². The Morgan fingerprint density at radius 1 is 1.32 bits per heavy atom. The second-order valence-corrected chi connectivity index (χ2v) is 8.09. The molecule has 0 bridgehead atoms. The molecule has 0 N–H and O–H groups in total. The summed E-state index contributed by atoms with van der Waals surface area (Å²) >= 11 is 0. The average Bonchev–Trinajstić information content (AvgIpc) is 2.87. The molecule has 0 aliphatic carbocycles. The first-order valence-corrected chi connectivity index (χ1v) is 9.18. The van der Waals surface area contributed by atoms with E-state index in [2.05, 4.69) is 5.10 Å². The third-order valence-electron chi connectivity index (χ3n) is 4.42. The number of rotatable bonds is 4. The number of nitrogens with zero attached hydrogens (tertiary/aromatic N) is 4. The Bertz CT molecular complexity index is 626. The van der Waals surface area contributed by atoms with Gasteiger partial charge in [-0.15, -0.1) is 0 Å². The van der Waals surface area contributed by atoms with Crippen molar-refractivity contribution in [3.8, 4) is 0 Å². The Morgan fingerprint density at radius 3 is 2.91 bits per heavy atom. The van der Waals surface area contributed by atoms with Crippen molar-refractivity contribution in [2.45, 2.75) is 32.9 Å². The van der Waals surface area contributed by atoms with E-state index in [1.165, 1.54) is 0 Å². The predicted octanol–water partition coefficient (Wildman–Crippen LogP) is 0.610. The van der Waals surface area contributed by atoms with Gasteiger partial charge in [0.2, 0.25) is 0 Å². The van der Waals surface area contributed by atoms with Gasteiger partial charge >= 0.3 is 0 Å². The van der Waals surface area contributed by atoms with E-state index in [9.17, 15) is 8.42 Å². The van der Waals surface area contributed by atoms with Gasteiger partial charge in [-0.25, -0.2) is 0 Å². The van der Waals surface area contributed by atoms with E-state index in [0.29, 0.717) is 45.2 Å². The molecule has 0 radical (unpaired) electrons. The van der Waals surface area contributed by atoms with Crippen LogP contribution < -0.4 is 0 Å². The Hall–Kier alpha value is -0.960. The summed E-state index contributed by atoms with van der Waals surface area (Å²) in [7, 11) is -1.73. The summed E-state index contributed by atoms with van der Waals surface area (Å²) in [4.78, 5) is 0. The van der Waals surface area contributed by atoms with Crippen molar-refractivity contribution in [2.75, 3.05) is 33.4 Å². The molecule has 1 unspecified atom stereocenters. The molecule has 1 saturated heterocycles. The minimum absolute atomic E-state index is 0.297. The third-order valence-corrected chi connectivity index (χ3v) is 6.37. The lowest BCUT2D eigenvalue weighted by Crippen LogP contribution is -2.50. The molecule has 1 aromatic heterocycles. The first kappa shape index (κ1) is 15.9. The largest absolute Gasteiger partial charge is 0.384 e. The fourth-order valence-corrected chi connectivity index (χ4v) is 5.05. The molecule has 3 rings (SSSR count). The molecule has 8 heteroatoms. The number of piperidine rings is 1. The molecular weight excluding hydrogens is 304 g/mol. The highest BCUT2D eigenvalue weighted by Gasteiger charge is 2.35. The van der Waals surface area contributed by atoms with Crippen molar-refractivity contribution in [2.24, 2.45) is 5.92 Å². The Morgan fingerprint density at radius 2 is 2.14 bits per heavy atom. The summed E-state index contributed by atoms with van der Waals surface area (Å²) in [6.45, 7) is 5.25. The van der Waals surface area contributed by atoms with Crippen molar-refractivity contribution in [3.05, 3.63) is 17.5 Å². The number of fused-ring (bicyclic) bond motifs is 1. The number of methoxy groups -OCH3 is 1. The summed E-state index contributed by atoms with van der Waals surface area (Å²) in [6, 6.07) is 1.96. The smallest absolute Gasteiger partial charge is 0.282 e. The van der Waals surface area contributed by atoms with E-state index < -0.39 is 10.2 Å². The number of aromatic nitrogens is 2. The lowest BCUT2D eigenvalue weighted by molar-refractivity contribution is 0.115. The van der Waals surface area contributed by atoms with Gasteiger partial charge < -0.3 is 4.74 Å². The lowest BCUT2D eigenvalue weighted by atomic mass is 10.0. The maximum absolute atomic E-state index is 12.9. The number of ether oxygens (including phenoxy) is 1. The van der Waals surface area contributed by atoms with Crippen LogP contribution in [0.5, 0.6) is 0 Å². The highest BCUT2D eigenvalue weighted by Crippen LogP contribution is 2.24. The fourth-order valence-electron chi connectivity index (χ4n) is 3.35. The highest BCUT2D eigenvalue weighted by atomic mass is 32.2.